The zero-order chi connectivity index (χ0) is 12.0. The normalized spacial score (nSPS) is 16.0. The molecule has 1 aliphatic rings. The van der Waals surface area contributed by atoms with Crippen LogP contribution in [0.3, 0.4) is 0 Å². The van der Waals surface area contributed by atoms with E-state index in [2.05, 4.69) is 35.9 Å². The fourth-order valence-electron chi connectivity index (χ4n) is 2.22. The van der Waals surface area contributed by atoms with E-state index in [9.17, 15) is 0 Å². The largest absolute Gasteiger partial charge is 0.271 e. The zero-order valence-corrected chi connectivity index (χ0v) is 11.0. The van der Waals surface area contributed by atoms with E-state index >= 15 is 0 Å². The lowest BCUT2D eigenvalue weighted by atomic mass is 10.0. The summed E-state index contributed by atoms with van der Waals surface area (Å²) < 4.78 is 2.07. The number of nitrogens with zero attached hydrogens (tertiary/aromatic N) is 2. The van der Waals surface area contributed by atoms with E-state index in [1.807, 2.05) is 6.07 Å². The molecule has 2 nitrogen and oxygen atoms in total. The van der Waals surface area contributed by atoms with Gasteiger partial charge in [0.2, 0.25) is 0 Å². The van der Waals surface area contributed by atoms with Crippen molar-refractivity contribution < 1.29 is 0 Å². The lowest BCUT2D eigenvalue weighted by Gasteiger charge is -2.07. The van der Waals surface area contributed by atoms with Crippen LogP contribution >= 0.6 is 11.6 Å². The first-order chi connectivity index (χ1) is 8.13. The van der Waals surface area contributed by atoms with Crippen LogP contribution in [-0.4, -0.2) is 9.78 Å². The van der Waals surface area contributed by atoms with Crippen molar-refractivity contribution in [3.05, 3.63) is 28.9 Å². The molecule has 0 radical (unpaired) electrons. The van der Waals surface area contributed by atoms with Gasteiger partial charge in [0.05, 0.1) is 5.52 Å². The van der Waals surface area contributed by atoms with E-state index in [0.717, 1.165) is 23.0 Å². The quantitative estimate of drug-likeness (QED) is 0.795. The van der Waals surface area contributed by atoms with Gasteiger partial charge in [-0.15, -0.1) is 0 Å². The summed E-state index contributed by atoms with van der Waals surface area (Å²) in [5.74, 6) is 1.31. The summed E-state index contributed by atoms with van der Waals surface area (Å²) in [6, 6.07) is 4.17. The van der Waals surface area contributed by atoms with Gasteiger partial charge in [0.15, 0.2) is 0 Å². The molecule has 2 aromatic rings. The third-order valence-electron chi connectivity index (χ3n) is 3.43. The molecule has 90 valence electrons. The van der Waals surface area contributed by atoms with E-state index in [-0.39, 0.29) is 0 Å². The van der Waals surface area contributed by atoms with Crippen molar-refractivity contribution in [2.45, 2.75) is 39.2 Å². The van der Waals surface area contributed by atoms with E-state index in [1.165, 1.54) is 23.8 Å². The number of hydrogen-bond donors (Lipinski definition) is 0. The van der Waals surface area contributed by atoms with Crippen molar-refractivity contribution in [1.29, 1.82) is 0 Å². The number of hydrogen-bond acceptors (Lipinski definition) is 1. The molecule has 1 heterocycles. The molecule has 1 fully saturated rings. The molecule has 1 aromatic heterocycles. The summed E-state index contributed by atoms with van der Waals surface area (Å²) in [5, 5.41) is 6.63. The maximum Gasteiger partial charge on any atom is 0.0938 e. The van der Waals surface area contributed by atoms with E-state index in [0.29, 0.717) is 5.92 Å². The van der Waals surface area contributed by atoms with Gasteiger partial charge >= 0.3 is 0 Å². The van der Waals surface area contributed by atoms with E-state index < -0.39 is 0 Å². The van der Waals surface area contributed by atoms with Crippen molar-refractivity contribution in [3.8, 4) is 0 Å². The van der Waals surface area contributed by atoms with Gasteiger partial charge in [-0.3, -0.25) is 4.68 Å². The van der Waals surface area contributed by atoms with Gasteiger partial charge in [-0.25, -0.2) is 0 Å². The number of benzene rings is 1. The molecule has 0 spiro atoms. The first kappa shape index (κ1) is 11.1. The van der Waals surface area contributed by atoms with Crippen molar-refractivity contribution in [1.82, 2.24) is 9.78 Å². The number of fused-ring (bicyclic) bond motifs is 1. The Hall–Kier alpha value is -1.02. The monoisotopic (exact) mass is 248 g/mol. The van der Waals surface area contributed by atoms with Crippen LogP contribution in [0.1, 0.15) is 38.2 Å². The average molecular weight is 249 g/mol. The maximum absolute atomic E-state index is 6.28. The zero-order valence-electron chi connectivity index (χ0n) is 10.3. The summed E-state index contributed by atoms with van der Waals surface area (Å²) in [5.41, 5.74) is 2.23. The van der Waals surface area contributed by atoms with Crippen LogP contribution in [0.4, 0.5) is 0 Å². The van der Waals surface area contributed by atoms with Gasteiger partial charge in [0.25, 0.3) is 0 Å². The molecule has 1 aliphatic carbocycles. The Bertz CT molecular complexity index is 553. The predicted octanol–water partition coefficient (Wildman–Crippen LogP) is 4.22. The van der Waals surface area contributed by atoms with Crippen LogP contribution in [-0.2, 0) is 6.54 Å². The van der Waals surface area contributed by atoms with Gasteiger partial charge < -0.3 is 0 Å². The van der Waals surface area contributed by atoms with Gasteiger partial charge in [-0.05, 0) is 42.4 Å². The number of aromatic nitrogens is 2. The molecule has 1 saturated carbocycles. The van der Waals surface area contributed by atoms with Crippen LogP contribution in [0.2, 0.25) is 5.02 Å². The van der Waals surface area contributed by atoms with Crippen molar-refractivity contribution >= 4 is 22.5 Å². The standard InChI is InChI=1S/C14H17ClN2/c1-9(2)12-5-11-8-17(7-10-3-4-10)16-14(11)6-13(12)15/h5-6,8-10H,3-4,7H2,1-2H3. The van der Waals surface area contributed by atoms with E-state index in [4.69, 9.17) is 11.6 Å². The van der Waals surface area contributed by atoms with Crippen LogP contribution in [0.15, 0.2) is 18.3 Å². The van der Waals surface area contributed by atoms with Gasteiger partial charge in [0, 0.05) is 23.2 Å². The predicted molar refractivity (Wildman–Crippen MR) is 71.6 cm³/mol. The summed E-state index contributed by atoms with van der Waals surface area (Å²) in [7, 11) is 0. The van der Waals surface area contributed by atoms with Crippen molar-refractivity contribution in [2.24, 2.45) is 5.92 Å². The van der Waals surface area contributed by atoms with Crippen LogP contribution in [0.5, 0.6) is 0 Å². The van der Waals surface area contributed by atoms with Crippen molar-refractivity contribution in [3.63, 3.8) is 0 Å². The Morgan fingerprint density at radius 1 is 1.41 bits per heavy atom. The van der Waals surface area contributed by atoms with Gasteiger partial charge in [0.1, 0.15) is 0 Å². The van der Waals surface area contributed by atoms with Gasteiger partial charge in [-0.2, -0.15) is 5.10 Å². The van der Waals surface area contributed by atoms with Crippen LogP contribution < -0.4 is 0 Å². The summed E-state index contributed by atoms with van der Waals surface area (Å²) in [6.45, 7) is 5.40. The molecular weight excluding hydrogens is 232 g/mol. The molecule has 3 rings (SSSR count). The molecule has 1 aromatic carbocycles. The third kappa shape index (κ3) is 2.19. The average Bonchev–Trinajstić information content (AvgIpc) is 2.96. The highest BCUT2D eigenvalue weighted by Gasteiger charge is 2.22. The summed E-state index contributed by atoms with van der Waals surface area (Å²) >= 11 is 6.28. The Morgan fingerprint density at radius 2 is 2.18 bits per heavy atom. The van der Waals surface area contributed by atoms with Crippen LogP contribution in [0.25, 0.3) is 10.9 Å². The highest BCUT2D eigenvalue weighted by Crippen LogP contribution is 2.32. The molecule has 0 unspecified atom stereocenters. The minimum absolute atomic E-state index is 0.457. The molecule has 0 N–H and O–H groups in total. The molecular formula is C14H17ClN2. The fraction of sp³-hybridized carbons (Fsp3) is 0.500. The van der Waals surface area contributed by atoms with Crippen LogP contribution in [0, 0.1) is 5.92 Å². The first-order valence-corrected chi connectivity index (χ1v) is 6.68. The Balaban J connectivity index is 2.02. The lowest BCUT2D eigenvalue weighted by molar-refractivity contribution is 0.568. The molecule has 0 bridgehead atoms. The first-order valence-electron chi connectivity index (χ1n) is 6.30. The molecule has 0 atom stereocenters. The molecule has 0 aliphatic heterocycles. The van der Waals surface area contributed by atoms with Crippen molar-refractivity contribution in [2.75, 3.05) is 0 Å². The second kappa shape index (κ2) is 4.02. The Kier molecular flexibility index (Phi) is 2.62. The molecule has 17 heavy (non-hydrogen) atoms. The minimum atomic E-state index is 0.457. The maximum atomic E-state index is 6.28. The molecule has 0 saturated heterocycles. The number of rotatable bonds is 3. The Morgan fingerprint density at radius 3 is 2.82 bits per heavy atom. The summed E-state index contributed by atoms with van der Waals surface area (Å²) in [6.07, 6.45) is 4.86. The third-order valence-corrected chi connectivity index (χ3v) is 3.76. The highest BCUT2D eigenvalue weighted by atomic mass is 35.5. The molecule has 0 amide bonds. The summed E-state index contributed by atoms with van der Waals surface area (Å²) in [4.78, 5) is 0. The number of halogens is 1. The molecule has 3 heteroatoms. The fourth-order valence-corrected chi connectivity index (χ4v) is 2.59. The topological polar surface area (TPSA) is 17.8 Å². The highest BCUT2D eigenvalue weighted by molar-refractivity contribution is 6.32. The smallest absolute Gasteiger partial charge is 0.0938 e. The SMILES string of the molecule is CC(C)c1cc2cn(CC3CC3)nc2cc1Cl. The Labute approximate surface area is 107 Å². The lowest BCUT2D eigenvalue weighted by Crippen LogP contribution is -1.99. The van der Waals surface area contributed by atoms with Gasteiger partial charge in [-0.1, -0.05) is 25.4 Å². The van der Waals surface area contributed by atoms with E-state index in [1.54, 1.807) is 0 Å². The minimum Gasteiger partial charge on any atom is -0.271 e. The second-order valence-corrected chi connectivity index (χ2v) is 5.79. The second-order valence-electron chi connectivity index (χ2n) is 5.38.